The van der Waals surface area contributed by atoms with Crippen molar-refractivity contribution in [1.29, 1.82) is 0 Å². The van der Waals surface area contributed by atoms with Crippen LogP contribution in [0, 0.1) is 9.39 Å². The third-order valence-corrected chi connectivity index (χ3v) is 4.63. The van der Waals surface area contributed by atoms with Crippen LogP contribution in [0.2, 0.25) is 0 Å². The summed E-state index contributed by atoms with van der Waals surface area (Å²) < 4.78 is 19.2. The summed E-state index contributed by atoms with van der Waals surface area (Å²) in [6, 6.07) is 12.9. The lowest BCUT2D eigenvalue weighted by Gasteiger charge is -2.13. The van der Waals surface area contributed by atoms with E-state index >= 15 is 0 Å². The number of hydrogen-bond acceptors (Lipinski definition) is 1. The Morgan fingerprint density at radius 3 is 2.47 bits per heavy atom. The van der Waals surface area contributed by atoms with E-state index < -0.39 is 0 Å². The maximum atomic E-state index is 13.1. The molecule has 0 aromatic heterocycles. The molecule has 100 valence electrons. The highest BCUT2D eigenvalue weighted by Crippen LogP contribution is 2.31. The van der Waals surface area contributed by atoms with Crippen LogP contribution in [0.25, 0.3) is 0 Å². The predicted octanol–water partition coefficient (Wildman–Crippen LogP) is 5.12. The number of rotatable bonds is 4. The predicted molar refractivity (Wildman–Crippen MR) is 87.5 cm³/mol. The van der Waals surface area contributed by atoms with E-state index in [2.05, 4.69) is 38.5 Å². The fourth-order valence-corrected chi connectivity index (χ4v) is 3.89. The third kappa shape index (κ3) is 3.92. The number of halogens is 3. The highest BCUT2D eigenvalue weighted by Gasteiger charge is 2.12. The summed E-state index contributed by atoms with van der Waals surface area (Å²) in [5.74, 6) is 0.656. The highest BCUT2D eigenvalue weighted by molar-refractivity contribution is 14.1. The second-order valence-corrected chi connectivity index (χ2v) is 6.45. The molecule has 4 heteroatoms. The van der Waals surface area contributed by atoms with Crippen LogP contribution in [-0.4, -0.2) is 7.11 Å². The Morgan fingerprint density at radius 2 is 1.89 bits per heavy atom. The van der Waals surface area contributed by atoms with Gasteiger partial charge in [-0.1, -0.05) is 34.1 Å². The van der Waals surface area contributed by atoms with Gasteiger partial charge in [0, 0.05) is 8.40 Å². The zero-order valence-electron chi connectivity index (χ0n) is 10.4. The average Bonchev–Trinajstić information content (AvgIpc) is 2.39. The normalized spacial score (nSPS) is 12.2. The molecule has 2 aromatic rings. The van der Waals surface area contributed by atoms with Crippen LogP contribution in [-0.2, 0) is 6.42 Å². The molecule has 0 aliphatic heterocycles. The summed E-state index contributed by atoms with van der Waals surface area (Å²) in [7, 11) is 1.66. The van der Waals surface area contributed by atoms with Crippen molar-refractivity contribution in [3.8, 4) is 5.75 Å². The van der Waals surface area contributed by atoms with E-state index in [4.69, 9.17) is 4.74 Å². The monoisotopic (exact) mass is 434 g/mol. The highest BCUT2D eigenvalue weighted by atomic mass is 127. The second kappa shape index (κ2) is 6.70. The summed E-state index contributed by atoms with van der Waals surface area (Å²) in [5.41, 5.74) is 2.32. The summed E-state index contributed by atoms with van der Waals surface area (Å²) >= 11 is 5.84. The van der Waals surface area contributed by atoms with E-state index in [1.807, 2.05) is 30.3 Å². The lowest BCUT2D eigenvalue weighted by Crippen LogP contribution is -1.98. The largest absolute Gasteiger partial charge is 0.497 e. The first-order chi connectivity index (χ1) is 9.10. The summed E-state index contributed by atoms with van der Waals surface area (Å²) in [5, 5.41) is 0. The standard InChI is InChI=1S/C15H13BrFIO/c1-19-12-5-2-10(3-6-12)8-14(16)13-7-4-11(17)9-15(13)18/h2-7,9,14H,8H2,1H3. The molecule has 2 rings (SSSR count). The lowest BCUT2D eigenvalue weighted by atomic mass is 10.0. The van der Waals surface area contributed by atoms with Crippen molar-refractivity contribution in [1.82, 2.24) is 0 Å². The average molecular weight is 435 g/mol. The van der Waals surface area contributed by atoms with E-state index in [1.165, 1.54) is 11.6 Å². The van der Waals surface area contributed by atoms with Gasteiger partial charge in [-0.15, -0.1) is 0 Å². The van der Waals surface area contributed by atoms with Gasteiger partial charge in [-0.25, -0.2) is 4.39 Å². The molecule has 0 saturated carbocycles. The minimum Gasteiger partial charge on any atom is -0.497 e. The van der Waals surface area contributed by atoms with Crippen LogP contribution in [0.1, 0.15) is 16.0 Å². The van der Waals surface area contributed by atoms with Crippen molar-refractivity contribution in [3.63, 3.8) is 0 Å². The molecule has 1 nitrogen and oxygen atoms in total. The van der Waals surface area contributed by atoms with Crippen molar-refractivity contribution in [2.75, 3.05) is 7.11 Å². The zero-order chi connectivity index (χ0) is 13.8. The van der Waals surface area contributed by atoms with Crippen LogP contribution in [0.5, 0.6) is 5.75 Å². The summed E-state index contributed by atoms with van der Waals surface area (Å²) in [6.45, 7) is 0. The van der Waals surface area contributed by atoms with E-state index in [-0.39, 0.29) is 10.6 Å². The van der Waals surface area contributed by atoms with Gasteiger partial charge in [-0.2, -0.15) is 0 Å². The first-order valence-corrected chi connectivity index (χ1v) is 7.81. The zero-order valence-corrected chi connectivity index (χ0v) is 14.1. The topological polar surface area (TPSA) is 9.23 Å². The molecule has 0 heterocycles. The number of methoxy groups -OCH3 is 1. The Morgan fingerprint density at radius 1 is 1.21 bits per heavy atom. The van der Waals surface area contributed by atoms with Crippen molar-refractivity contribution in [2.24, 2.45) is 0 Å². The minimum atomic E-state index is -0.197. The molecule has 0 aliphatic carbocycles. The van der Waals surface area contributed by atoms with Gasteiger partial charge in [0.05, 0.1) is 7.11 Å². The molecular formula is C15H13BrFIO. The molecule has 0 saturated heterocycles. The number of benzene rings is 2. The molecule has 19 heavy (non-hydrogen) atoms. The summed E-state index contributed by atoms with van der Waals surface area (Å²) in [6.07, 6.45) is 0.853. The maximum absolute atomic E-state index is 13.1. The molecule has 1 atom stereocenters. The van der Waals surface area contributed by atoms with E-state index in [0.717, 1.165) is 21.3 Å². The van der Waals surface area contributed by atoms with E-state index in [0.29, 0.717) is 0 Å². The lowest BCUT2D eigenvalue weighted by molar-refractivity contribution is 0.414. The summed E-state index contributed by atoms with van der Waals surface area (Å²) in [4.78, 5) is 0.174. The quantitative estimate of drug-likeness (QED) is 0.479. The molecule has 0 N–H and O–H groups in total. The molecule has 0 aliphatic rings. The molecule has 2 aromatic carbocycles. The van der Waals surface area contributed by atoms with Gasteiger partial charge in [0.2, 0.25) is 0 Å². The van der Waals surface area contributed by atoms with Gasteiger partial charge in [0.1, 0.15) is 11.6 Å². The number of alkyl halides is 1. The molecule has 1 unspecified atom stereocenters. The Balaban J connectivity index is 2.13. The van der Waals surface area contributed by atoms with Gasteiger partial charge in [0.25, 0.3) is 0 Å². The third-order valence-electron chi connectivity index (χ3n) is 2.87. The van der Waals surface area contributed by atoms with Gasteiger partial charge in [-0.05, 0) is 64.4 Å². The van der Waals surface area contributed by atoms with Crippen LogP contribution in [0.15, 0.2) is 42.5 Å². The van der Waals surface area contributed by atoms with Crippen LogP contribution >= 0.6 is 38.5 Å². The smallest absolute Gasteiger partial charge is 0.124 e. The SMILES string of the molecule is COc1ccc(CC(Br)c2ccc(F)cc2I)cc1. The van der Waals surface area contributed by atoms with Gasteiger partial charge in [-0.3, -0.25) is 0 Å². The Kier molecular flexibility index (Phi) is 5.21. The number of hydrogen-bond donors (Lipinski definition) is 0. The van der Waals surface area contributed by atoms with Crippen molar-refractivity contribution >= 4 is 38.5 Å². The first-order valence-electron chi connectivity index (χ1n) is 5.82. The van der Waals surface area contributed by atoms with Gasteiger partial charge in [0.15, 0.2) is 0 Å². The molecule has 0 radical (unpaired) electrons. The van der Waals surface area contributed by atoms with E-state index in [1.54, 1.807) is 13.2 Å². The minimum absolute atomic E-state index is 0.174. The molecule has 0 fully saturated rings. The van der Waals surface area contributed by atoms with Crippen LogP contribution < -0.4 is 4.74 Å². The van der Waals surface area contributed by atoms with Crippen molar-refractivity contribution in [2.45, 2.75) is 11.2 Å². The fraction of sp³-hybridized carbons (Fsp3) is 0.200. The molecular weight excluding hydrogens is 422 g/mol. The second-order valence-electron chi connectivity index (χ2n) is 4.19. The molecule has 0 bridgehead atoms. The Hall–Kier alpha value is -0.620. The van der Waals surface area contributed by atoms with Crippen LogP contribution in [0.3, 0.4) is 0 Å². The maximum Gasteiger partial charge on any atom is 0.124 e. The first kappa shape index (κ1) is 14.8. The van der Waals surface area contributed by atoms with Gasteiger partial charge >= 0.3 is 0 Å². The Bertz CT molecular complexity index is 557. The molecule has 0 spiro atoms. The van der Waals surface area contributed by atoms with Crippen LogP contribution in [0.4, 0.5) is 4.39 Å². The van der Waals surface area contributed by atoms with E-state index in [9.17, 15) is 4.39 Å². The Labute approximate surface area is 134 Å². The van der Waals surface area contributed by atoms with Gasteiger partial charge < -0.3 is 4.74 Å². The van der Waals surface area contributed by atoms with Crippen molar-refractivity contribution in [3.05, 3.63) is 63.0 Å². The fourth-order valence-electron chi connectivity index (χ4n) is 1.83. The number of ether oxygens (including phenoxy) is 1. The van der Waals surface area contributed by atoms with Crippen molar-refractivity contribution < 1.29 is 9.13 Å². The molecule has 0 amide bonds.